The number of nitrogen functional groups attached to an aromatic ring is 1. The molecule has 0 saturated heterocycles. The maximum atomic E-state index is 12.2. The van der Waals surface area contributed by atoms with Crippen LogP contribution in [0.3, 0.4) is 0 Å². The number of anilines is 1. The maximum Gasteiger partial charge on any atom is 0.167 e. The van der Waals surface area contributed by atoms with E-state index in [0.717, 1.165) is 5.56 Å². The fourth-order valence-corrected chi connectivity index (χ4v) is 2.06. The Morgan fingerprint density at radius 1 is 1.00 bits per heavy atom. The van der Waals surface area contributed by atoms with Crippen molar-refractivity contribution in [3.05, 3.63) is 64.7 Å². The van der Waals surface area contributed by atoms with Crippen molar-refractivity contribution in [3.63, 3.8) is 0 Å². The van der Waals surface area contributed by atoms with Gasteiger partial charge in [-0.3, -0.25) is 4.79 Å². The fourth-order valence-electron chi connectivity index (χ4n) is 2.06. The Balaban J connectivity index is 2.24. The number of aryl methyl sites for hydroxylation is 2. The van der Waals surface area contributed by atoms with Crippen LogP contribution in [0.4, 0.5) is 5.69 Å². The number of ketones is 1. The molecule has 0 spiro atoms. The first-order valence-corrected chi connectivity index (χ1v) is 6.02. The number of nitrogens with two attached hydrogens (primary N) is 1. The van der Waals surface area contributed by atoms with Crippen LogP contribution in [0.1, 0.15) is 27.0 Å². The first-order chi connectivity index (χ1) is 8.58. The summed E-state index contributed by atoms with van der Waals surface area (Å²) in [6.07, 6.45) is 0.447. The molecule has 0 amide bonds. The molecule has 92 valence electrons. The van der Waals surface area contributed by atoms with Crippen LogP contribution in [-0.4, -0.2) is 5.78 Å². The van der Waals surface area contributed by atoms with Gasteiger partial charge in [0.1, 0.15) is 0 Å². The predicted molar refractivity (Wildman–Crippen MR) is 74.8 cm³/mol. The van der Waals surface area contributed by atoms with Crippen molar-refractivity contribution >= 4 is 11.5 Å². The minimum Gasteiger partial charge on any atom is -0.399 e. The van der Waals surface area contributed by atoms with Gasteiger partial charge in [-0.25, -0.2) is 0 Å². The van der Waals surface area contributed by atoms with Gasteiger partial charge in [0.25, 0.3) is 0 Å². The van der Waals surface area contributed by atoms with Crippen LogP contribution in [0.5, 0.6) is 0 Å². The van der Waals surface area contributed by atoms with E-state index < -0.39 is 0 Å². The third kappa shape index (κ3) is 2.59. The highest BCUT2D eigenvalue weighted by molar-refractivity contribution is 5.98. The van der Waals surface area contributed by atoms with E-state index in [2.05, 4.69) is 0 Å². The number of hydrogen-bond donors (Lipinski definition) is 1. The predicted octanol–water partition coefficient (Wildman–Crippen LogP) is 3.31. The van der Waals surface area contributed by atoms with Crippen molar-refractivity contribution in [2.24, 2.45) is 0 Å². The highest BCUT2D eigenvalue weighted by atomic mass is 16.1. The van der Waals surface area contributed by atoms with E-state index in [1.165, 1.54) is 11.1 Å². The lowest BCUT2D eigenvalue weighted by Crippen LogP contribution is -2.06. The lowest BCUT2D eigenvalue weighted by molar-refractivity contribution is 0.0992. The van der Waals surface area contributed by atoms with Gasteiger partial charge >= 0.3 is 0 Å². The summed E-state index contributed by atoms with van der Waals surface area (Å²) >= 11 is 0. The van der Waals surface area contributed by atoms with Gasteiger partial charge in [-0.2, -0.15) is 0 Å². The Bertz CT molecular complexity index is 550. The standard InChI is InChI=1S/C16H17NO/c1-11-4-3-5-12(2)15(11)10-16(18)13-6-8-14(17)9-7-13/h3-9H,10,17H2,1-2H3. The van der Waals surface area contributed by atoms with E-state index in [1.54, 1.807) is 24.3 Å². The van der Waals surface area contributed by atoms with Crippen molar-refractivity contribution in [2.45, 2.75) is 20.3 Å². The average molecular weight is 239 g/mol. The van der Waals surface area contributed by atoms with E-state index in [9.17, 15) is 4.79 Å². The molecule has 2 N–H and O–H groups in total. The van der Waals surface area contributed by atoms with Crippen molar-refractivity contribution < 1.29 is 4.79 Å². The molecule has 0 bridgehead atoms. The molecule has 0 aliphatic carbocycles. The number of hydrogen-bond acceptors (Lipinski definition) is 2. The van der Waals surface area contributed by atoms with Gasteiger partial charge in [-0.05, 0) is 54.8 Å². The summed E-state index contributed by atoms with van der Waals surface area (Å²) in [4.78, 5) is 12.2. The third-order valence-electron chi connectivity index (χ3n) is 3.21. The largest absolute Gasteiger partial charge is 0.399 e. The highest BCUT2D eigenvalue weighted by Crippen LogP contribution is 2.16. The number of rotatable bonds is 3. The Kier molecular flexibility index (Phi) is 3.47. The maximum absolute atomic E-state index is 12.2. The molecule has 0 atom stereocenters. The number of Topliss-reactive ketones (excluding diaryl/α,β-unsaturated/α-hetero) is 1. The van der Waals surface area contributed by atoms with Gasteiger partial charge in [0.05, 0.1) is 0 Å². The van der Waals surface area contributed by atoms with Gasteiger partial charge < -0.3 is 5.73 Å². The van der Waals surface area contributed by atoms with Crippen LogP contribution in [0.15, 0.2) is 42.5 Å². The third-order valence-corrected chi connectivity index (χ3v) is 3.21. The minimum atomic E-state index is 0.132. The molecule has 0 heterocycles. The van der Waals surface area contributed by atoms with Crippen LogP contribution in [-0.2, 0) is 6.42 Å². The smallest absolute Gasteiger partial charge is 0.167 e. The SMILES string of the molecule is Cc1cccc(C)c1CC(=O)c1ccc(N)cc1. The molecule has 0 fully saturated rings. The van der Waals surface area contributed by atoms with Gasteiger partial charge in [0.2, 0.25) is 0 Å². The molecule has 2 heteroatoms. The zero-order valence-electron chi connectivity index (χ0n) is 10.7. The summed E-state index contributed by atoms with van der Waals surface area (Å²) in [6.45, 7) is 4.08. The van der Waals surface area contributed by atoms with Gasteiger partial charge in [-0.1, -0.05) is 18.2 Å². The van der Waals surface area contributed by atoms with Crippen LogP contribution in [0.2, 0.25) is 0 Å². The molecular weight excluding hydrogens is 222 g/mol. The number of carbonyl (C=O) groups is 1. The first-order valence-electron chi connectivity index (χ1n) is 6.02. The molecule has 2 nitrogen and oxygen atoms in total. The lowest BCUT2D eigenvalue weighted by atomic mass is 9.95. The molecule has 2 aromatic rings. The zero-order chi connectivity index (χ0) is 13.1. The second kappa shape index (κ2) is 5.05. The normalized spacial score (nSPS) is 10.3. The van der Waals surface area contributed by atoms with E-state index in [4.69, 9.17) is 5.73 Å². The Hall–Kier alpha value is -2.09. The molecular formula is C16H17NO. The number of carbonyl (C=O) groups excluding carboxylic acids is 1. The lowest BCUT2D eigenvalue weighted by Gasteiger charge is -2.09. The zero-order valence-corrected chi connectivity index (χ0v) is 10.7. The molecule has 0 aromatic heterocycles. The van der Waals surface area contributed by atoms with Crippen molar-refractivity contribution in [3.8, 4) is 0 Å². The number of benzene rings is 2. The fraction of sp³-hybridized carbons (Fsp3) is 0.188. The van der Waals surface area contributed by atoms with Crippen molar-refractivity contribution in [1.82, 2.24) is 0 Å². The molecule has 2 rings (SSSR count). The monoisotopic (exact) mass is 239 g/mol. The molecule has 0 unspecified atom stereocenters. The Morgan fingerprint density at radius 3 is 2.11 bits per heavy atom. The summed E-state index contributed by atoms with van der Waals surface area (Å²) in [5.41, 5.74) is 10.5. The topological polar surface area (TPSA) is 43.1 Å². The first kappa shape index (κ1) is 12.4. The summed E-state index contributed by atoms with van der Waals surface area (Å²) < 4.78 is 0. The quantitative estimate of drug-likeness (QED) is 0.659. The molecule has 2 aromatic carbocycles. The van der Waals surface area contributed by atoms with Gasteiger partial charge in [0, 0.05) is 17.7 Å². The summed E-state index contributed by atoms with van der Waals surface area (Å²) in [6, 6.07) is 13.2. The van der Waals surface area contributed by atoms with Crippen LogP contribution >= 0.6 is 0 Å². The minimum absolute atomic E-state index is 0.132. The second-order valence-electron chi connectivity index (χ2n) is 4.59. The van der Waals surface area contributed by atoms with E-state index in [0.29, 0.717) is 17.7 Å². The Morgan fingerprint density at radius 2 is 1.56 bits per heavy atom. The van der Waals surface area contributed by atoms with E-state index in [-0.39, 0.29) is 5.78 Å². The van der Waals surface area contributed by atoms with Gasteiger partial charge in [-0.15, -0.1) is 0 Å². The molecule has 0 aliphatic rings. The summed E-state index contributed by atoms with van der Waals surface area (Å²) in [5.74, 6) is 0.132. The van der Waals surface area contributed by atoms with Crippen LogP contribution in [0, 0.1) is 13.8 Å². The second-order valence-corrected chi connectivity index (χ2v) is 4.59. The highest BCUT2D eigenvalue weighted by Gasteiger charge is 2.10. The van der Waals surface area contributed by atoms with Crippen LogP contribution in [0.25, 0.3) is 0 Å². The molecule has 0 saturated carbocycles. The van der Waals surface area contributed by atoms with Crippen molar-refractivity contribution in [1.29, 1.82) is 0 Å². The van der Waals surface area contributed by atoms with Crippen LogP contribution < -0.4 is 5.73 Å². The van der Waals surface area contributed by atoms with E-state index >= 15 is 0 Å². The van der Waals surface area contributed by atoms with Crippen molar-refractivity contribution in [2.75, 3.05) is 5.73 Å². The molecule has 0 radical (unpaired) electrons. The summed E-state index contributed by atoms with van der Waals surface area (Å²) in [5, 5.41) is 0. The van der Waals surface area contributed by atoms with Gasteiger partial charge in [0.15, 0.2) is 5.78 Å². The molecule has 18 heavy (non-hydrogen) atoms. The molecule has 0 aliphatic heterocycles. The summed E-state index contributed by atoms with van der Waals surface area (Å²) in [7, 11) is 0. The van der Waals surface area contributed by atoms with E-state index in [1.807, 2.05) is 32.0 Å². The Labute approximate surface area is 107 Å². The average Bonchev–Trinajstić information content (AvgIpc) is 2.34.